The maximum Gasteiger partial charge on any atom is 0.312 e. The fourth-order valence-electron chi connectivity index (χ4n) is 3.65. The molecule has 3 fully saturated rings. The lowest BCUT2D eigenvalue weighted by Crippen LogP contribution is -2.48. The van der Waals surface area contributed by atoms with E-state index in [-0.39, 0.29) is 12.0 Å². The molecule has 17 heavy (non-hydrogen) atoms. The van der Waals surface area contributed by atoms with Gasteiger partial charge < -0.3 is 14.6 Å². The van der Waals surface area contributed by atoms with Crippen LogP contribution in [0.4, 0.5) is 0 Å². The van der Waals surface area contributed by atoms with E-state index < -0.39 is 11.4 Å². The molecule has 1 saturated carbocycles. The monoisotopic (exact) mass is 240 g/mol. The highest BCUT2D eigenvalue weighted by atomic mass is 16.5. The number of carboxylic acid groups (broad SMARTS) is 1. The van der Waals surface area contributed by atoms with Gasteiger partial charge in [-0.25, -0.2) is 0 Å². The van der Waals surface area contributed by atoms with Crippen LogP contribution < -0.4 is 0 Å². The number of rotatable bonds is 3. The molecule has 0 amide bonds. The Morgan fingerprint density at radius 3 is 2.41 bits per heavy atom. The number of ether oxygens (including phenoxy) is 2. The minimum atomic E-state index is -0.640. The van der Waals surface area contributed by atoms with Crippen LogP contribution in [-0.4, -0.2) is 37.0 Å². The zero-order valence-electron chi connectivity index (χ0n) is 10.1. The fourth-order valence-corrected chi connectivity index (χ4v) is 3.65. The molecular formula is C13H20O4. The van der Waals surface area contributed by atoms with Crippen LogP contribution >= 0.6 is 0 Å². The Labute approximate surface area is 101 Å². The predicted octanol–water partition coefficient (Wildman–Crippen LogP) is 1.68. The largest absolute Gasteiger partial charge is 0.481 e. The molecule has 1 aliphatic carbocycles. The van der Waals surface area contributed by atoms with Crippen molar-refractivity contribution in [3.63, 3.8) is 0 Å². The summed E-state index contributed by atoms with van der Waals surface area (Å²) >= 11 is 0. The highest BCUT2D eigenvalue weighted by molar-refractivity contribution is 5.76. The lowest BCUT2D eigenvalue weighted by atomic mass is 9.66. The molecule has 4 heteroatoms. The second-order valence-corrected chi connectivity index (χ2v) is 5.61. The molecule has 0 spiro atoms. The van der Waals surface area contributed by atoms with Crippen LogP contribution in [0.2, 0.25) is 0 Å². The molecule has 1 N–H and O–H groups in total. The molecule has 2 unspecified atom stereocenters. The third-order valence-electron chi connectivity index (χ3n) is 4.72. The number of aliphatic carboxylic acids is 1. The molecule has 3 aliphatic rings. The van der Waals surface area contributed by atoms with Crippen molar-refractivity contribution >= 4 is 5.97 Å². The van der Waals surface area contributed by atoms with Gasteiger partial charge in [0.25, 0.3) is 0 Å². The second-order valence-electron chi connectivity index (χ2n) is 5.61. The first-order valence-electron chi connectivity index (χ1n) is 6.68. The molecule has 0 bridgehead atoms. The van der Waals surface area contributed by atoms with E-state index in [0.717, 1.165) is 25.7 Å². The zero-order chi connectivity index (χ0) is 11.9. The Hall–Kier alpha value is -0.610. The Morgan fingerprint density at radius 2 is 1.82 bits per heavy atom. The van der Waals surface area contributed by atoms with Crippen molar-refractivity contribution in [1.82, 2.24) is 0 Å². The highest BCUT2D eigenvalue weighted by Crippen LogP contribution is 2.53. The van der Waals surface area contributed by atoms with Crippen molar-refractivity contribution < 1.29 is 19.4 Å². The Morgan fingerprint density at radius 1 is 1.12 bits per heavy atom. The minimum absolute atomic E-state index is 0.0388. The molecule has 2 atom stereocenters. The van der Waals surface area contributed by atoms with E-state index in [9.17, 15) is 9.90 Å². The van der Waals surface area contributed by atoms with Crippen LogP contribution in [0.1, 0.15) is 32.1 Å². The number of hydrogen-bond donors (Lipinski definition) is 1. The van der Waals surface area contributed by atoms with Crippen molar-refractivity contribution in [2.24, 2.45) is 17.3 Å². The van der Waals surface area contributed by atoms with E-state index in [1.807, 2.05) is 0 Å². The van der Waals surface area contributed by atoms with Crippen LogP contribution in [0.5, 0.6) is 0 Å². The van der Waals surface area contributed by atoms with Gasteiger partial charge in [-0.15, -0.1) is 0 Å². The van der Waals surface area contributed by atoms with Gasteiger partial charge in [-0.2, -0.15) is 0 Å². The van der Waals surface area contributed by atoms with Crippen molar-refractivity contribution in [2.45, 2.75) is 38.2 Å². The van der Waals surface area contributed by atoms with Crippen LogP contribution in [0.25, 0.3) is 0 Å². The molecule has 0 radical (unpaired) electrons. The van der Waals surface area contributed by atoms with Gasteiger partial charge in [-0.3, -0.25) is 4.79 Å². The fraction of sp³-hybridized carbons (Fsp3) is 0.923. The topological polar surface area (TPSA) is 55.8 Å². The van der Waals surface area contributed by atoms with E-state index in [2.05, 4.69) is 0 Å². The number of carboxylic acids is 1. The first-order chi connectivity index (χ1) is 8.25. The average Bonchev–Trinajstić information content (AvgIpc) is 3.09. The molecule has 96 valence electrons. The van der Waals surface area contributed by atoms with Crippen molar-refractivity contribution in [3.8, 4) is 0 Å². The van der Waals surface area contributed by atoms with E-state index in [4.69, 9.17) is 9.47 Å². The zero-order valence-corrected chi connectivity index (χ0v) is 10.1. The number of hydrogen-bond acceptors (Lipinski definition) is 3. The summed E-state index contributed by atoms with van der Waals surface area (Å²) in [5.41, 5.74) is -0.620. The van der Waals surface area contributed by atoms with Gasteiger partial charge in [0.05, 0.1) is 11.5 Å². The summed E-state index contributed by atoms with van der Waals surface area (Å²) in [5.74, 6) is 0.0945. The number of carbonyl (C=O) groups is 1. The Balaban J connectivity index is 1.87. The molecule has 0 aromatic carbocycles. The van der Waals surface area contributed by atoms with Crippen LogP contribution in [-0.2, 0) is 14.3 Å². The smallest absolute Gasteiger partial charge is 0.312 e. The van der Waals surface area contributed by atoms with Gasteiger partial charge in [0.1, 0.15) is 0 Å². The standard InChI is InChI=1S/C13H20O4/c14-12(15)13(10-3-6-16-7-4-10)5-8-17-11(13)9-1-2-9/h9-11H,1-8H2,(H,14,15). The van der Waals surface area contributed by atoms with Crippen molar-refractivity contribution in [2.75, 3.05) is 19.8 Å². The maximum absolute atomic E-state index is 11.8. The van der Waals surface area contributed by atoms with Gasteiger partial charge >= 0.3 is 5.97 Å². The van der Waals surface area contributed by atoms with E-state index in [1.54, 1.807) is 0 Å². The van der Waals surface area contributed by atoms with Crippen LogP contribution in [0.3, 0.4) is 0 Å². The van der Waals surface area contributed by atoms with Gasteiger partial charge in [0.15, 0.2) is 0 Å². The summed E-state index contributed by atoms with van der Waals surface area (Å²) in [5, 5.41) is 9.74. The third-order valence-corrected chi connectivity index (χ3v) is 4.72. The highest BCUT2D eigenvalue weighted by Gasteiger charge is 2.59. The van der Waals surface area contributed by atoms with Gasteiger partial charge in [-0.1, -0.05) is 0 Å². The summed E-state index contributed by atoms with van der Waals surface area (Å²) in [4.78, 5) is 11.8. The summed E-state index contributed by atoms with van der Waals surface area (Å²) in [6, 6.07) is 0. The van der Waals surface area contributed by atoms with Gasteiger partial charge in [-0.05, 0) is 43.9 Å². The summed E-state index contributed by atoms with van der Waals surface area (Å²) in [6.45, 7) is 2.03. The molecule has 2 aliphatic heterocycles. The molecule has 4 nitrogen and oxygen atoms in total. The summed E-state index contributed by atoms with van der Waals surface area (Å²) in [6.07, 6.45) is 4.68. The molecule has 2 heterocycles. The van der Waals surface area contributed by atoms with Crippen LogP contribution in [0.15, 0.2) is 0 Å². The summed E-state index contributed by atoms with van der Waals surface area (Å²) < 4.78 is 11.1. The predicted molar refractivity (Wildman–Crippen MR) is 60.7 cm³/mol. The molecule has 0 aromatic heterocycles. The molecule has 0 aromatic rings. The second kappa shape index (κ2) is 4.25. The van der Waals surface area contributed by atoms with E-state index >= 15 is 0 Å². The molecular weight excluding hydrogens is 220 g/mol. The van der Waals surface area contributed by atoms with E-state index in [1.165, 1.54) is 0 Å². The Bertz CT molecular complexity index is 307. The lowest BCUT2D eigenvalue weighted by Gasteiger charge is -2.39. The average molecular weight is 240 g/mol. The van der Waals surface area contributed by atoms with E-state index in [0.29, 0.717) is 32.2 Å². The van der Waals surface area contributed by atoms with Gasteiger partial charge in [0.2, 0.25) is 0 Å². The maximum atomic E-state index is 11.8. The van der Waals surface area contributed by atoms with Crippen molar-refractivity contribution in [3.05, 3.63) is 0 Å². The Kier molecular flexibility index (Phi) is 2.87. The first kappa shape index (κ1) is 11.5. The SMILES string of the molecule is O=C(O)C1(C2CCOCC2)CCOC1C1CC1. The third kappa shape index (κ3) is 1.78. The van der Waals surface area contributed by atoms with Crippen LogP contribution in [0, 0.1) is 17.3 Å². The van der Waals surface area contributed by atoms with Crippen molar-refractivity contribution in [1.29, 1.82) is 0 Å². The van der Waals surface area contributed by atoms with Gasteiger partial charge in [0, 0.05) is 19.8 Å². The summed E-state index contributed by atoms with van der Waals surface area (Å²) in [7, 11) is 0. The molecule has 2 saturated heterocycles. The quantitative estimate of drug-likeness (QED) is 0.815. The first-order valence-corrected chi connectivity index (χ1v) is 6.68. The normalized spacial score (nSPS) is 39.4. The minimum Gasteiger partial charge on any atom is -0.481 e. The lowest BCUT2D eigenvalue weighted by molar-refractivity contribution is -0.161. The molecule has 3 rings (SSSR count).